The Hall–Kier alpha value is -6.35. The van der Waals surface area contributed by atoms with E-state index < -0.39 is 52.9 Å². The van der Waals surface area contributed by atoms with Crippen LogP contribution in [0.3, 0.4) is 0 Å². The standard InChI is InChI=1S/C63H75ClF3N11O6S2/c1-34(37-13-15-38(16-14-37)54-35(2)71-33-85-54)72-59(81)45-26-41(79)30-78(45)60(82)56(62(3,4)5)73-46(80)12-7-9-22-70-21-8-6-11-36-19-24-77-40(25-36)31-83-53-49-52(74-61(75-58(49)77)84-32-63-20-10-23-76(63)29-39(65)27-63)51(67)48(50(53)64)42-17-18-44(66)55-47(42)43(28-68)57(69)86-55/h13-18,33-34,36,39-41,45,56,70,79H,6-12,19-27,29-32,69H2,1-5H3,(H,72,81)(H,73,80)/t34-,36?,39+,40?,41+,45-,56+,63-/m0/s1. The number of benzene rings is 3. The van der Waals surface area contributed by atoms with Crippen LogP contribution in [0.2, 0.25) is 5.02 Å². The van der Waals surface area contributed by atoms with Gasteiger partial charge in [-0.15, -0.1) is 22.7 Å². The summed E-state index contributed by atoms with van der Waals surface area (Å²) in [4.78, 5) is 62.2. The van der Waals surface area contributed by atoms with Crippen molar-refractivity contribution in [2.75, 3.05) is 63.1 Å². The average Bonchev–Trinajstić information content (AvgIpc) is 1.27. The van der Waals surface area contributed by atoms with E-state index in [1.54, 1.807) is 11.3 Å². The number of hydrogen-bond donors (Lipinski definition) is 5. The highest BCUT2D eigenvalue weighted by molar-refractivity contribution is 7.23. The van der Waals surface area contributed by atoms with Gasteiger partial charge in [-0.3, -0.25) is 19.3 Å². The number of unbranched alkanes of at least 4 members (excludes halogenated alkanes) is 2. The smallest absolute Gasteiger partial charge is 0.319 e. The fraction of sp³-hybridized carbons (Fsp3) is 0.540. The topological polar surface area (TPSA) is 224 Å². The number of nitrogen functional groups attached to an aromatic ring is 1. The monoisotopic (exact) mass is 1240 g/mol. The first-order chi connectivity index (χ1) is 41.2. The third kappa shape index (κ3) is 12.3. The van der Waals surface area contributed by atoms with Crippen LogP contribution in [0.5, 0.6) is 11.8 Å². The summed E-state index contributed by atoms with van der Waals surface area (Å²) in [7, 11) is 0. The number of aryl methyl sites for hydroxylation is 1. The van der Waals surface area contributed by atoms with Gasteiger partial charge in [-0.25, -0.2) is 18.2 Å². The summed E-state index contributed by atoms with van der Waals surface area (Å²) >= 11 is 9.71. The van der Waals surface area contributed by atoms with E-state index in [4.69, 9.17) is 31.8 Å². The number of alkyl halides is 1. The summed E-state index contributed by atoms with van der Waals surface area (Å²) in [6, 6.07) is 10.2. The lowest BCUT2D eigenvalue weighted by atomic mass is 9.85. The third-order valence-corrected chi connectivity index (χ3v) is 20.5. The van der Waals surface area contributed by atoms with E-state index in [1.165, 1.54) is 17.0 Å². The molecule has 0 aliphatic carbocycles. The molecule has 0 spiro atoms. The maximum absolute atomic E-state index is 17.6. The first-order valence-corrected chi connectivity index (χ1v) is 32.1. The number of ether oxygens (including phenoxy) is 2. The number of thiophene rings is 1. The van der Waals surface area contributed by atoms with Gasteiger partial charge in [0.15, 0.2) is 11.6 Å². The van der Waals surface area contributed by atoms with Gasteiger partial charge in [0.1, 0.15) is 59.7 Å². The number of aromatic nitrogens is 3. The number of hydrogen-bond acceptors (Lipinski definition) is 16. The van der Waals surface area contributed by atoms with Crippen LogP contribution in [-0.2, 0) is 14.4 Å². The summed E-state index contributed by atoms with van der Waals surface area (Å²) in [6.45, 7) is 13.0. The number of β-amino-alcohol motifs (C(OH)–C–C–N with tert-alkyl or cyclic N) is 1. The number of nitrogens with zero attached hydrogens (tertiary/aromatic N) is 7. The SMILES string of the molecule is Cc1ncsc1-c1ccc([C@H](C)NC(=O)[C@@H]2C[C@@H](O)CN2C(=O)[C@@H](NC(=O)CCCCNCCCCC2CCN3c4nc(OC[C@@]56CCCN5C[C@H](F)C6)nc5c(F)c(-c6ccc(F)c7sc(N)c(C#N)c67)c(Cl)c(c45)OCC3C2)C(C)(C)C)cc1. The third-order valence-electron chi connectivity index (χ3n) is 18.2. The Balaban J connectivity index is 0.670. The maximum atomic E-state index is 17.6. The summed E-state index contributed by atoms with van der Waals surface area (Å²) in [5.74, 6) is -1.46. The predicted octanol–water partition coefficient (Wildman–Crippen LogP) is 10.6. The molecule has 23 heteroatoms. The number of nitrogens with one attached hydrogen (secondary N) is 3. The first kappa shape index (κ1) is 61.3. The van der Waals surface area contributed by atoms with Crippen LogP contribution < -0.4 is 36.1 Å². The molecule has 6 aromatic rings. The molecule has 3 aromatic heterocycles. The van der Waals surface area contributed by atoms with Gasteiger partial charge in [0.2, 0.25) is 17.7 Å². The van der Waals surface area contributed by atoms with Gasteiger partial charge in [-0.2, -0.15) is 15.2 Å². The number of anilines is 2. The van der Waals surface area contributed by atoms with Crippen LogP contribution in [0.15, 0.2) is 41.9 Å². The van der Waals surface area contributed by atoms with E-state index >= 15 is 8.78 Å². The second-order valence-electron chi connectivity index (χ2n) is 25.1. The second-order valence-corrected chi connectivity index (χ2v) is 27.4. The predicted molar refractivity (Wildman–Crippen MR) is 329 cm³/mol. The molecule has 458 valence electrons. The minimum atomic E-state index is -0.978. The molecule has 6 N–H and O–H groups in total. The molecule has 5 aliphatic heterocycles. The quantitative estimate of drug-likeness (QED) is 0.0449. The molecular formula is C63H75ClF3N11O6S2. The Kier molecular flexibility index (Phi) is 18.1. The molecule has 0 radical (unpaired) electrons. The van der Waals surface area contributed by atoms with Gasteiger partial charge in [0.05, 0.1) is 60.5 Å². The Labute approximate surface area is 512 Å². The van der Waals surface area contributed by atoms with Crippen molar-refractivity contribution in [3.8, 4) is 39.4 Å². The first-order valence-electron chi connectivity index (χ1n) is 30.1. The number of nitriles is 1. The lowest BCUT2D eigenvalue weighted by molar-refractivity contribution is -0.144. The molecule has 4 fully saturated rings. The van der Waals surface area contributed by atoms with Crippen LogP contribution in [-0.4, -0.2) is 136 Å². The molecule has 17 nitrogen and oxygen atoms in total. The Morgan fingerprint density at radius 3 is 2.56 bits per heavy atom. The number of nitrogens with two attached hydrogens (primary N) is 1. The average molecular weight is 1240 g/mol. The number of aliphatic hydroxyl groups excluding tert-OH is 1. The van der Waals surface area contributed by atoms with Gasteiger partial charge in [-0.1, -0.05) is 75.5 Å². The van der Waals surface area contributed by atoms with Gasteiger partial charge < -0.3 is 46.1 Å². The number of halogens is 4. The highest BCUT2D eigenvalue weighted by Crippen LogP contribution is 2.52. The molecule has 5 aliphatic rings. The molecule has 2 unspecified atom stereocenters. The van der Waals surface area contributed by atoms with E-state index in [9.17, 15) is 29.1 Å². The van der Waals surface area contributed by atoms with Gasteiger partial charge >= 0.3 is 6.01 Å². The van der Waals surface area contributed by atoms with Gasteiger partial charge in [-0.05, 0) is 113 Å². The highest BCUT2D eigenvalue weighted by atomic mass is 35.5. The van der Waals surface area contributed by atoms with Crippen LogP contribution in [0.4, 0.5) is 24.0 Å². The zero-order valence-corrected chi connectivity index (χ0v) is 51.6. The summed E-state index contributed by atoms with van der Waals surface area (Å²) in [5, 5.41) is 30.9. The minimum Gasteiger partial charge on any atom is -0.489 e. The molecule has 8 atom stereocenters. The number of carbonyl (C=O) groups excluding carboxylic acids is 3. The molecule has 3 amide bonds. The number of rotatable bonds is 20. The van der Waals surface area contributed by atoms with E-state index in [0.29, 0.717) is 37.7 Å². The zero-order chi connectivity index (χ0) is 60.8. The normalized spacial score (nSPS) is 22.7. The summed E-state index contributed by atoms with van der Waals surface area (Å²) in [6.07, 6.45) is 6.35. The molecule has 8 heterocycles. The molecule has 86 heavy (non-hydrogen) atoms. The van der Waals surface area contributed by atoms with E-state index in [0.717, 1.165) is 104 Å². The number of fused-ring (bicyclic) bond motifs is 4. The number of piperidine rings is 1. The van der Waals surface area contributed by atoms with Crippen molar-refractivity contribution in [1.29, 1.82) is 5.26 Å². The van der Waals surface area contributed by atoms with Crippen LogP contribution in [0.25, 0.3) is 42.6 Å². The van der Waals surface area contributed by atoms with Crippen molar-refractivity contribution in [3.05, 3.63) is 75.4 Å². The fourth-order valence-electron chi connectivity index (χ4n) is 13.6. The van der Waals surface area contributed by atoms with Crippen molar-refractivity contribution in [3.63, 3.8) is 0 Å². The van der Waals surface area contributed by atoms with Crippen molar-refractivity contribution in [2.45, 2.75) is 154 Å². The lowest BCUT2D eigenvalue weighted by Gasteiger charge is -2.39. The van der Waals surface area contributed by atoms with Gasteiger partial charge in [0, 0.05) is 49.8 Å². The molecule has 0 saturated carbocycles. The minimum absolute atomic E-state index is 0.00693. The molecule has 0 bridgehead atoms. The summed E-state index contributed by atoms with van der Waals surface area (Å²) < 4.78 is 60.9. The number of thiazole rings is 1. The van der Waals surface area contributed by atoms with Crippen LogP contribution in [0, 0.1) is 41.2 Å². The van der Waals surface area contributed by atoms with Crippen molar-refractivity contribution >= 4 is 83.8 Å². The van der Waals surface area contributed by atoms with Crippen LogP contribution in [0.1, 0.15) is 128 Å². The van der Waals surface area contributed by atoms with Crippen molar-refractivity contribution in [1.82, 2.24) is 40.7 Å². The van der Waals surface area contributed by atoms with Crippen LogP contribution >= 0.6 is 34.3 Å². The zero-order valence-electron chi connectivity index (χ0n) is 49.2. The van der Waals surface area contributed by atoms with E-state index in [1.807, 2.05) is 64.4 Å². The van der Waals surface area contributed by atoms with E-state index in [2.05, 4.69) is 41.8 Å². The second kappa shape index (κ2) is 25.4. The molecule has 4 saturated heterocycles. The number of amides is 3. The molecule has 11 rings (SSSR count). The number of carbonyl (C=O) groups is 3. The number of aliphatic hydroxyl groups is 1. The largest absolute Gasteiger partial charge is 0.489 e. The fourth-order valence-corrected chi connectivity index (χ4v) is 15.7. The lowest BCUT2D eigenvalue weighted by Crippen LogP contribution is -2.57. The Bertz CT molecular complexity index is 3580. The molecule has 3 aromatic carbocycles. The van der Waals surface area contributed by atoms with E-state index in [-0.39, 0.29) is 116 Å². The Morgan fingerprint density at radius 1 is 1.03 bits per heavy atom. The summed E-state index contributed by atoms with van der Waals surface area (Å²) in [5.41, 5.74) is 9.71. The van der Waals surface area contributed by atoms with Crippen molar-refractivity contribution in [2.24, 2.45) is 11.3 Å². The van der Waals surface area contributed by atoms with Gasteiger partial charge in [0.25, 0.3) is 0 Å². The highest BCUT2D eigenvalue weighted by Gasteiger charge is 2.50. The maximum Gasteiger partial charge on any atom is 0.319 e. The molecular weight excluding hydrogens is 1160 g/mol. The number of likely N-dealkylation sites (tertiary alicyclic amines) is 1. The Morgan fingerprint density at radius 2 is 1.81 bits per heavy atom. The van der Waals surface area contributed by atoms with Crippen molar-refractivity contribution < 1.29 is 42.1 Å².